The van der Waals surface area contributed by atoms with Crippen molar-refractivity contribution in [2.24, 2.45) is 11.7 Å². The summed E-state index contributed by atoms with van der Waals surface area (Å²) in [5, 5.41) is 9.27. The number of rotatable bonds is 5. The van der Waals surface area contributed by atoms with Crippen LogP contribution in [0.4, 0.5) is 0 Å². The lowest BCUT2D eigenvalue weighted by Gasteiger charge is -2.35. The topological polar surface area (TPSA) is 55.5 Å². The average molecular weight is 187 g/mol. The van der Waals surface area contributed by atoms with E-state index in [-0.39, 0.29) is 12.2 Å². The van der Waals surface area contributed by atoms with Gasteiger partial charge >= 0.3 is 0 Å². The van der Waals surface area contributed by atoms with Crippen LogP contribution in [0.5, 0.6) is 0 Å². The van der Waals surface area contributed by atoms with Gasteiger partial charge in [-0.15, -0.1) is 0 Å². The average Bonchev–Trinajstić information content (AvgIpc) is 1.99. The second-order valence-electron chi connectivity index (χ2n) is 4.05. The molecule has 78 valence electrons. The SMILES string of the molecule is CC(O)C(C)OC(CN)C1CCC1. The molecule has 0 aliphatic heterocycles. The van der Waals surface area contributed by atoms with Crippen molar-refractivity contribution in [3.8, 4) is 0 Å². The maximum Gasteiger partial charge on any atom is 0.0807 e. The molecule has 3 nitrogen and oxygen atoms in total. The molecule has 1 aliphatic rings. The Morgan fingerprint density at radius 2 is 2.08 bits per heavy atom. The zero-order chi connectivity index (χ0) is 9.84. The third kappa shape index (κ3) is 2.93. The second-order valence-corrected chi connectivity index (χ2v) is 4.05. The van der Waals surface area contributed by atoms with Crippen LogP contribution in [0.25, 0.3) is 0 Å². The van der Waals surface area contributed by atoms with Gasteiger partial charge < -0.3 is 15.6 Å². The van der Waals surface area contributed by atoms with Gasteiger partial charge in [-0.25, -0.2) is 0 Å². The van der Waals surface area contributed by atoms with Crippen molar-refractivity contribution in [2.75, 3.05) is 6.54 Å². The van der Waals surface area contributed by atoms with Crippen molar-refractivity contribution in [2.45, 2.75) is 51.4 Å². The zero-order valence-corrected chi connectivity index (χ0v) is 8.57. The molecule has 0 heterocycles. The standard InChI is InChI=1S/C10H21NO2/c1-7(12)8(2)13-10(6-11)9-4-3-5-9/h7-10,12H,3-6,11H2,1-2H3. The van der Waals surface area contributed by atoms with Crippen molar-refractivity contribution < 1.29 is 9.84 Å². The first-order chi connectivity index (χ1) is 6.15. The largest absolute Gasteiger partial charge is 0.391 e. The highest BCUT2D eigenvalue weighted by Crippen LogP contribution is 2.31. The van der Waals surface area contributed by atoms with Gasteiger partial charge in [-0.3, -0.25) is 0 Å². The summed E-state index contributed by atoms with van der Waals surface area (Å²) in [7, 11) is 0. The van der Waals surface area contributed by atoms with E-state index < -0.39 is 6.10 Å². The van der Waals surface area contributed by atoms with Crippen LogP contribution in [0.15, 0.2) is 0 Å². The lowest BCUT2D eigenvalue weighted by molar-refractivity contribution is -0.0902. The van der Waals surface area contributed by atoms with E-state index in [1.54, 1.807) is 6.92 Å². The predicted octanol–water partition coefficient (Wildman–Crippen LogP) is 0.900. The van der Waals surface area contributed by atoms with E-state index in [0.717, 1.165) is 0 Å². The lowest BCUT2D eigenvalue weighted by Crippen LogP contribution is -2.40. The summed E-state index contributed by atoms with van der Waals surface area (Å²) in [6, 6.07) is 0. The number of hydrogen-bond acceptors (Lipinski definition) is 3. The van der Waals surface area contributed by atoms with E-state index in [9.17, 15) is 5.11 Å². The Kier molecular flexibility index (Phi) is 4.16. The quantitative estimate of drug-likeness (QED) is 0.672. The van der Waals surface area contributed by atoms with Gasteiger partial charge in [-0.2, -0.15) is 0 Å². The summed E-state index contributed by atoms with van der Waals surface area (Å²) < 4.78 is 5.69. The molecule has 3 unspecified atom stereocenters. The minimum absolute atomic E-state index is 0.103. The van der Waals surface area contributed by atoms with Crippen LogP contribution in [0, 0.1) is 5.92 Å². The molecule has 3 heteroatoms. The minimum atomic E-state index is -0.408. The highest BCUT2D eigenvalue weighted by molar-refractivity contribution is 4.80. The van der Waals surface area contributed by atoms with E-state index in [0.29, 0.717) is 12.5 Å². The van der Waals surface area contributed by atoms with Gasteiger partial charge in [0.15, 0.2) is 0 Å². The molecule has 1 fully saturated rings. The highest BCUT2D eigenvalue weighted by Gasteiger charge is 2.28. The molecule has 0 aromatic heterocycles. The summed E-state index contributed by atoms with van der Waals surface area (Å²) in [6.07, 6.45) is 3.40. The Morgan fingerprint density at radius 1 is 1.46 bits per heavy atom. The molecule has 0 saturated heterocycles. The van der Waals surface area contributed by atoms with Crippen molar-refractivity contribution >= 4 is 0 Å². The van der Waals surface area contributed by atoms with Gasteiger partial charge in [0.1, 0.15) is 0 Å². The monoisotopic (exact) mass is 187 g/mol. The first-order valence-corrected chi connectivity index (χ1v) is 5.18. The smallest absolute Gasteiger partial charge is 0.0807 e. The summed E-state index contributed by atoms with van der Waals surface area (Å²) in [6.45, 7) is 4.22. The molecule has 0 radical (unpaired) electrons. The van der Waals surface area contributed by atoms with E-state index in [2.05, 4.69) is 0 Å². The molecule has 3 atom stereocenters. The molecule has 1 aliphatic carbocycles. The molecule has 13 heavy (non-hydrogen) atoms. The number of aliphatic hydroxyl groups is 1. The summed E-state index contributed by atoms with van der Waals surface area (Å²) in [5.74, 6) is 0.631. The first kappa shape index (κ1) is 11.0. The first-order valence-electron chi connectivity index (χ1n) is 5.18. The van der Waals surface area contributed by atoms with E-state index in [1.165, 1.54) is 19.3 Å². The van der Waals surface area contributed by atoms with Crippen LogP contribution in [-0.4, -0.2) is 30.0 Å². The van der Waals surface area contributed by atoms with Crippen LogP contribution >= 0.6 is 0 Å². The Labute approximate surface area is 80.3 Å². The molecular weight excluding hydrogens is 166 g/mol. The maximum atomic E-state index is 9.27. The van der Waals surface area contributed by atoms with E-state index >= 15 is 0 Å². The van der Waals surface area contributed by atoms with Crippen molar-refractivity contribution in [1.29, 1.82) is 0 Å². The summed E-state index contributed by atoms with van der Waals surface area (Å²) in [5.41, 5.74) is 5.62. The predicted molar refractivity (Wildman–Crippen MR) is 52.4 cm³/mol. The van der Waals surface area contributed by atoms with Crippen LogP contribution in [0.2, 0.25) is 0 Å². The Morgan fingerprint density at radius 3 is 2.38 bits per heavy atom. The van der Waals surface area contributed by atoms with Crippen molar-refractivity contribution in [1.82, 2.24) is 0 Å². The highest BCUT2D eigenvalue weighted by atomic mass is 16.5. The molecule has 0 spiro atoms. The molecule has 0 aromatic carbocycles. The molecule has 0 aromatic rings. The fourth-order valence-electron chi connectivity index (χ4n) is 1.56. The van der Waals surface area contributed by atoms with Crippen LogP contribution in [0.1, 0.15) is 33.1 Å². The fraction of sp³-hybridized carbons (Fsp3) is 1.00. The van der Waals surface area contributed by atoms with Gasteiger partial charge in [0, 0.05) is 6.54 Å². The normalized spacial score (nSPS) is 24.9. The van der Waals surface area contributed by atoms with Gasteiger partial charge in [0.05, 0.1) is 18.3 Å². The van der Waals surface area contributed by atoms with E-state index in [4.69, 9.17) is 10.5 Å². The molecule has 1 saturated carbocycles. The number of hydrogen-bond donors (Lipinski definition) is 2. The summed E-state index contributed by atoms with van der Waals surface area (Å²) in [4.78, 5) is 0. The number of ether oxygens (including phenoxy) is 1. The van der Waals surface area contributed by atoms with Gasteiger partial charge in [0.25, 0.3) is 0 Å². The number of aliphatic hydroxyl groups excluding tert-OH is 1. The Hall–Kier alpha value is -0.120. The van der Waals surface area contributed by atoms with Crippen LogP contribution in [-0.2, 0) is 4.74 Å². The van der Waals surface area contributed by atoms with Gasteiger partial charge in [-0.05, 0) is 32.6 Å². The molecular formula is C10H21NO2. The third-order valence-corrected chi connectivity index (χ3v) is 2.98. The van der Waals surface area contributed by atoms with Crippen LogP contribution < -0.4 is 5.73 Å². The Balaban J connectivity index is 2.30. The second kappa shape index (κ2) is 4.94. The van der Waals surface area contributed by atoms with Crippen LogP contribution in [0.3, 0.4) is 0 Å². The maximum absolute atomic E-state index is 9.27. The number of nitrogens with two attached hydrogens (primary N) is 1. The third-order valence-electron chi connectivity index (χ3n) is 2.98. The molecule has 3 N–H and O–H groups in total. The van der Waals surface area contributed by atoms with Crippen molar-refractivity contribution in [3.63, 3.8) is 0 Å². The van der Waals surface area contributed by atoms with Gasteiger partial charge in [-0.1, -0.05) is 6.42 Å². The molecule has 0 amide bonds. The minimum Gasteiger partial charge on any atom is -0.391 e. The lowest BCUT2D eigenvalue weighted by atomic mass is 9.81. The van der Waals surface area contributed by atoms with Crippen molar-refractivity contribution in [3.05, 3.63) is 0 Å². The van der Waals surface area contributed by atoms with E-state index in [1.807, 2.05) is 6.92 Å². The zero-order valence-electron chi connectivity index (χ0n) is 8.57. The summed E-state index contributed by atoms with van der Waals surface area (Å²) >= 11 is 0. The molecule has 0 bridgehead atoms. The Bertz CT molecular complexity index is 146. The fourth-order valence-corrected chi connectivity index (χ4v) is 1.56. The molecule has 1 rings (SSSR count). The van der Waals surface area contributed by atoms with Gasteiger partial charge in [0.2, 0.25) is 0 Å².